The van der Waals surface area contributed by atoms with E-state index in [1.165, 1.54) is 0 Å². The molecule has 0 aliphatic heterocycles. The van der Waals surface area contributed by atoms with E-state index >= 15 is 0 Å². The minimum Gasteiger partial charge on any atom is -0.373 e. The van der Waals surface area contributed by atoms with Crippen molar-refractivity contribution >= 4 is 17.2 Å². The van der Waals surface area contributed by atoms with E-state index in [0.29, 0.717) is 5.82 Å². The third-order valence-electron chi connectivity index (χ3n) is 1.77. The van der Waals surface area contributed by atoms with Gasteiger partial charge in [-0.2, -0.15) is 0 Å². The molecular formula is C9H10N4S. The maximum atomic E-state index is 4.32. The van der Waals surface area contributed by atoms with Gasteiger partial charge in [-0.05, 0) is 6.92 Å². The fourth-order valence-corrected chi connectivity index (χ4v) is 1.66. The maximum Gasteiger partial charge on any atom is 0.181 e. The van der Waals surface area contributed by atoms with Gasteiger partial charge in [0.1, 0.15) is 11.5 Å². The van der Waals surface area contributed by atoms with Crippen LogP contribution in [0.4, 0.5) is 5.82 Å². The molecule has 5 heteroatoms. The average Bonchev–Trinajstić information content (AvgIpc) is 2.69. The summed E-state index contributed by atoms with van der Waals surface area (Å²) in [4.78, 5) is 12.8. The molecule has 1 N–H and O–H groups in total. The van der Waals surface area contributed by atoms with Crippen LogP contribution in [0.25, 0.3) is 11.5 Å². The Morgan fingerprint density at radius 1 is 1.36 bits per heavy atom. The normalized spacial score (nSPS) is 10.1. The molecule has 0 unspecified atom stereocenters. The number of nitrogens with zero attached hydrogens (tertiary/aromatic N) is 3. The van der Waals surface area contributed by atoms with Crippen LogP contribution in [0, 0.1) is 6.92 Å². The van der Waals surface area contributed by atoms with Crippen molar-refractivity contribution in [3.63, 3.8) is 0 Å². The lowest BCUT2D eigenvalue weighted by Crippen LogP contribution is -1.98. The molecule has 0 fully saturated rings. The zero-order chi connectivity index (χ0) is 9.97. The first kappa shape index (κ1) is 9.08. The molecule has 0 bridgehead atoms. The van der Waals surface area contributed by atoms with Gasteiger partial charge in [-0.15, -0.1) is 11.3 Å². The van der Waals surface area contributed by atoms with Crippen LogP contribution in [0.1, 0.15) is 5.69 Å². The van der Waals surface area contributed by atoms with Gasteiger partial charge < -0.3 is 5.32 Å². The van der Waals surface area contributed by atoms with Gasteiger partial charge in [0.2, 0.25) is 0 Å². The molecule has 0 radical (unpaired) electrons. The van der Waals surface area contributed by atoms with Gasteiger partial charge in [0.05, 0.1) is 5.51 Å². The zero-order valence-electron chi connectivity index (χ0n) is 7.98. The Morgan fingerprint density at radius 2 is 2.21 bits per heavy atom. The highest BCUT2D eigenvalue weighted by molar-refractivity contribution is 7.07. The van der Waals surface area contributed by atoms with E-state index in [1.807, 2.05) is 25.4 Å². The van der Waals surface area contributed by atoms with Gasteiger partial charge in [-0.3, -0.25) is 0 Å². The number of nitrogens with one attached hydrogen (secondary N) is 1. The van der Waals surface area contributed by atoms with Gasteiger partial charge in [-0.1, -0.05) is 0 Å². The van der Waals surface area contributed by atoms with Crippen LogP contribution in [0.15, 0.2) is 17.0 Å². The van der Waals surface area contributed by atoms with Crippen LogP contribution in [-0.2, 0) is 0 Å². The first-order valence-electron chi connectivity index (χ1n) is 4.21. The van der Waals surface area contributed by atoms with Crippen molar-refractivity contribution in [2.24, 2.45) is 0 Å². The van der Waals surface area contributed by atoms with Crippen LogP contribution in [0.5, 0.6) is 0 Å². The van der Waals surface area contributed by atoms with Crippen molar-refractivity contribution in [1.29, 1.82) is 0 Å². The molecule has 72 valence electrons. The Morgan fingerprint density at radius 3 is 2.86 bits per heavy atom. The molecule has 0 aromatic carbocycles. The number of anilines is 1. The maximum absolute atomic E-state index is 4.32. The molecule has 14 heavy (non-hydrogen) atoms. The Hall–Kier alpha value is -1.49. The number of aryl methyl sites for hydroxylation is 1. The summed E-state index contributed by atoms with van der Waals surface area (Å²) in [5.74, 6) is 1.50. The highest BCUT2D eigenvalue weighted by Crippen LogP contribution is 2.17. The number of thiazole rings is 1. The first-order valence-corrected chi connectivity index (χ1v) is 5.16. The quantitative estimate of drug-likeness (QED) is 0.816. The summed E-state index contributed by atoms with van der Waals surface area (Å²) in [6.07, 6.45) is 0. The molecule has 4 nitrogen and oxygen atoms in total. The third-order valence-corrected chi connectivity index (χ3v) is 2.36. The average molecular weight is 206 g/mol. The second-order valence-corrected chi connectivity index (χ2v) is 3.56. The minimum absolute atomic E-state index is 0.676. The van der Waals surface area contributed by atoms with E-state index in [-0.39, 0.29) is 0 Å². The lowest BCUT2D eigenvalue weighted by Gasteiger charge is -2.02. The van der Waals surface area contributed by atoms with Crippen LogP contribution in [-0.4, -0.2) is 22.0 Å². The van der Waals surface area contributed by atoms with Crippen molar-refractivity contribution in [3.05, 3.63) is 22.7 Å². The second-order valence-electron chi connectivity index (χ2n) is 2.84. The van der Waals surface area contributed by atoms with E-state index < -0.39 is 0 Å². The Balaban J connectivity index is 2.48. The Kier molecular flexibility index (Phi) is 2.41. The summed E-state index contributed by atoms with van der Waals surface area (Å²) in [7, 11) is 1.84. The van der Waals surface area contributed by atoms with E-state index in [0.717, 1.165) is 17.2 Å². The topological polar surface area (TPSA) is 50.7 Å². The zero-order valence-corrected chi connectivity index (χ0v) is 8.80. The molecule has 0 saturated carbocycles. The van der Waals surface area contributed by atoms with Crippen molar-refractivity contribution in [2.75, 3.05) is 12.4 Å². The molecular weight excluding hydrogens is 196 g/mol. The molecule has 2 aromatic heterocycles. The van der Waals surface area contributed by atoms with E-state index in [1.54, 1.807) is 16.8 Å². The molecule has 0 amide bonds. The van der Waals surface area contributed by atoms with E-state index in [4.69, 9.17) is 0 Å². The molecule has 2 rings (SSSR count). The van der Waals surface area contributed by atoms with Crippen LogP contribution in [0.3, 0.4) is 0 Å². The molecule has 2 aromatic rings. The fraction of sp³-hybridized carbons (Fsp3) is 0.222. The van der Waals surface area contributed by atoms with Crippen molar-refractivity contribution in [2.45, 2.75) is 6.92 Å². The van der Waals surface area contributed by atoms with Crippen LogP contribution in [0.2, 0.25) is 0 Å². The Labute approximate surface area is 86.1 Å². The molecule has 0 atom stereocenters. The first-order chi connectivity index (χ1) is 6.79. The van der Waals surface area contributed by atoms with Crippen LogP contribution >= 0.6 is 11.3 Å². The SMILES string of the molecule is CNc1cc(C)nc(-c2cscn2)n1. The predicted octanol–water partition coefficient (Wildman–Crippen LogP) is 1.95. The number of hydrogen-bond donors (Lipinski definition) is 1. The molecule has 0 spiro atoms. The third kappa shape index (κ3) is 1.72. The van der Waals surface area contributed by atoms with E-state index in [9.17, 15) is 0 Å². The second kappa shape index (κ2) is 3.71. The predicted molar refractivity (Wildman–Crippen MR) is 57.4 cm³/mol. The summed E-state index contributed by atoms with van der Waals surface area (Å²) < 4.78 is 0. The lowest BCUT2D eigenvalue weighted by atomic mass is 10.4. The molecule has 0 aliphatic carbocycles. The van der Waals surface area contributed by atoms with Gasteiger partial charge in [0.25, 0.3) is 0 Å². The van der Waals surface area contributed by atoms with Crippen molar-refractivity contribution in [3.8, 4) is 11.5 Å². The summed E-state index contributed by atoms with van der Waals surface area (Å²) in [6, 6.07) is 1.90. The Bertz CT molecular complexity index is 424. The minimum atomic E-state index is 0.676. The van der Waals surface area contributed by atoms with Gasteiger partial charge >= 0.3 is 0 Å². The van der Waals surface area contributed by atoms with Crippen molar-refractivity contribution < 1.29 is 0 Å². The molecule has 2 heterocycles. The summed E-state index contributed by atoms with van der Waals surface area (Å²) in [5, 5.41) is 4.93. The number of hydrogen-bond acceptors (Lipinski definition) is 5. The molecule has 0 aliphatic rings. The van der Waals surface area contributed by atoms with E-state index in [2.05, 4.69) is 20.3 Å². The van der Waals surface area contributed by atoms with Crippen LogP contribution < -0.4 is 5.32 Å². The van der Waals surface area contributed by atoms with Crippen molar-refractivity contribution in [1.82, 2.24) is 15.0 Å². The monoisotopic (exact) mass is 206 g/mol. The highest BCUT2D eigenvalue weighted by Gasteiger charge is 2.05. The number of aromatic nitrogens is 3. The highest BCUT2D eigenvalue weighted by atomic mass is 32.1. The fourth-order valence-electron chi connectivity index (χ4n) is 1.13. The van der Waals surface area contributed by atoms with Gasteiger partial charge in [0, 0.05) is 24.2 Å². The number of rotatable bonds is 2. The summed E-state index contributed by atoms with van der Waals surface area (Å²) in [6.45, 7) is 1.94. The van der Waals surface area contributed by atoms with Gasteiger partial charge in [-0.25, -0.2) is 15.0 Å². The standard InChI is InChI=1S/C9H10N4S/c1-6-3-8(10-2)13-9(12-6)7-4-14-5-11-7/h3-5H,1-2H3,(H,10,12,13). The molecule has 0 saturated heterocycles. The summed E-state index contributed by atoms with van der Waals surface area (Å²) >= 11 is 1.54. The lowest BCUT2D eigenvalue weighted by molar-refractivity contribution is 1.09. The largest absolute Gasteiger partial charge is 0.373 e. The van der Waals surface area contributed by atoms with Gasteiger partial charge in [0.15, 0.2) is 5.82 Å². The smallest absolute Gasteiger partial charge is 0.181 e. The summed E-state index contributed by atoms with van der Waals surface area (Å²) in [5.41, 5.74) is 3.54.